The van der Waals surface area contributed by atoms with Crippen LogP contribution in [0.1, 0.15) is 22.3 Å². The lowest BCUT2D eigenvalue weighted by Gasteiger charge is -2.09. The molecular weight excluding hydrogens is 308 g/mol. The predicted octanol–water partition coefficient (Wildman–Crippen LogP) is 4.06. The molecule has 24 heavy (non-hydrogen) atoms. The van der Waals surface area contributed by atoms with E-state index in [1.807, 2.05) is 6.07 Å². The highest BCUT2D eigenvalue weighted by atomic mass is 16.6. The minimum atomic E-state index is -0.436. The molecular formula is C18H12N2O4. The van der Waals surface area contributed by atoms with Gasteiger partial charge in [0.25, 0.3) is 5.69 Å². The van der Waals surface area contributed by atoms with Gasteiger partial charge in [-0.15, -0.1) is 0 Å². The smallest absolute Gasteiger partial charge is 0.279 e. The molecule has 0 amide bonds. The first-order valence-corrected chi connectivity index (χ1v) is 7.49. The summed E-state index contributed by atoms with van der Waals surface area (Å²) in [6.07, 6.45) is 2.81. The lowest BCUT2D eigenvalue weighted by Crippen LogP contribution is -1.94. The number of hydrogen-bond acceptors (Lipinski definition) is 5. The lowest BCUT2D eigenvalue weighted by molar-refractivity contribution is -0.383. The van der Waals surface area contributed by atoms with Crippen LogP contribution in [0.3, 0.4) is 0 Å². The maximum atomic E-state index is 11.7. The summed E-state index contributed by atoms with van der Waals surface area (Å²) in [5, 5.41) is 11.6. The number of nitro groups is 1. The monoisotopic (exact) mass is 320 g/mol. The molecule has 0 aliphatic heterocycles. The third-order valence-corrected chi connectivity index (χ3v) is 4.13. The maximum Gasteiger partial charge on any atom is 0.279 e. The summed E-state index contributed by atoms with van der Waals surface area (Å²) in [6.45, 7) is 0. The van der Waals surface area contributed by atoms with Gasteiger partial charge in [0.2, 0.25) is 0 Å². The summed E-state index contributed by atoms with van der Waals surface area (Å²) in [7, 11) is 0. The van der Waals surface area contributed by atoms with Crippen molar-refractivity contribution in [3.05, 3.63) is 69.9 Å². The fourth-order valence-electron chi connectivity index (χ4n) is 3.00. The Morgan fingerprint density at radius 1 is 1.12 bits per heavy atom. The zero-order valence-electron chi connectivity index (χ0n) is 12.6. The highest BCUT2D eigenvalue weighted by Gasteiger charge is 2.20. The van der Waals surface area contributed by atoms with Crippen molar-refractivity contribution < 1.29 is 14.5 Å². The second-order valence-corrected chi connectivity index (χ2v) is 5.58. The molecule has 6 heteroatoms. The van der Waals surface area contributed by atoms with E-state index in [4.69, 9.17) is 4.74 Å². The third-order valence-electron chi connectivity index (χ3n) is 4.13. The minimum absolute atomic E-state index is 0.00926. The van der Waals surface area contributed by atoms with E-state index in [2.05, 4.69) is 4.98 Å². The van der Waals surface area contributed by atoms with Crippen molar-refractivity contribution in [3.63, 3.8) is 0 Å². The van der Waals surface area contributed by atoms with Crippen molar-refractivity contribution in [3.8, 4) is 11.5 Å². The van der Waals surface area contributed by atoms with E-state index in [0.29, 0.717) is 35.2 Å². The molecule has 1 heterocycles. The van der Waals surface area contributed by atoms with E-state index < -0.39 is 4.92 Å². The van der Waals surface area contributed by atoms with E-state index in [1.54, 1.807) is 36.5 Å². The number of hydrogen-bond donors (Lipinski definition) is 0. The number of Topliss-reactive ketones (excluding diaryl/α,β-unsaturated/α-hetero) is 1. The van der Waals surface area contributed by atoms with Crippen LogP contribution in [-0.4, -0.2) is 15.7 Å². The molecule has 1 aliphatic carbocycles. The Hall–Kier alpha value is -3.28. The van der Waals surface area contributed by atoms with Gasteiger partial charge in [-0.3, -0.25) is 19.9 Å². The molecule has 2 aromatic carbocycles. The number of ketones is 1. The number of fused-ring (bicyclic) bond motifs is 2. The summed E-state index contributed by atoms with van der Waals surface area (Å²) >= 11 is 0. The highest BCUT2D eigenvalue weighted by molar-refractivity contribution is 6.00. The Kier molecular flexibility index (Phi) is 3.23. The standard InChI is InChI=1S/C18H12N2O4/c21-16-7-3-11-10-12(4-5-13(11)16)24-17-8-6-15(20(22)23)14-2-1-9-19-18(14)17/h1-2,4-6,8-10H,3,7H2. The number of benzene rings is 2. The fraction of sp³-hybridized carbons (Fsp3) is 0.111. The number of carbonyl (C=O) groups excluding carboxylic acids is 1. The quantitative estimate of drug-likeness (QED) is 0.537. The first-order chi connectivity index (χ1) is 11.6. The van der Waals surface area contributed by atoms with Gasteiger partial charge in [-0.1, -0.05) is 0 Å². The van der Waals surface area contributed by atoms with Crippen molar-refractivity contribution in [2.45, 2.75) is 12.8 Å². The van der Waals surface area contributed by atoms with Crippen LogP contribution < -0.4 is 4.74 Å². The van der Waals surface area contributed by atoms with E-state index >= 15 is 0 Å². The highest BCUT2D eigenvalue weighted by Crippen LogP contribution is 2.35. The van der Waals surface area contributed by atoms with E-state index in [0.717, 1.165) is 11.1 Å². The van der Waals surface area contributed by atoms with E-state index in [1.165, 1.54) is 6.07 Å². The molecule has 0 N–H and O–H groups in total. The third kappa shape index (κ3) is 2.28. The number of pyridine rings is 1. The normalized spacial score (nSPS) is 13.1. The average Bonchev–Trinajstić information content (AvgIpc) is 2.95. The fourth-order valence-corrected chi connectivity index (χ4v) is 3.00. The molecule has 3 aromatic rings. The van der Waals surface area contributed by atoms with Crippen LogP contribution >= 0.6 is 0 Å². The SMILES string of the molecule is O=C1CCc2cc(Oc3ccc([N+](=O)[O-])c4cccnc34)ccc21. The number of ether oxygens (including phenoxy) is 1. The van der Waals surface area contributed by atoms with Crippen molar-refractivity contribution in [2.24, 2.45) is 0 Å². The Morgan fingerprint density at radius 3 is 2.83 bits per heavy atom. The average molecular weight is 320 g/mol. The Bertz CT molecular complexity index is 997. The van der Waals surface area contributed by atoms with E-state index in [-0.39, 0.29) is 11.5 Å². The Balaban J connectivity index is 1.77. The Labute approximate surface area is 136 Å². The molecule has 118 valence electrons. The van der Waals surface area contributed by atoms with Gasteiger partial charge in [0, 0.05) is 24.2 Å². The molecule has 6 nitrogen and oxygen atoms in total. The van der Waals surface area contributed by atoms with Gasteiger partial charge >= 0.3 is 0 Å². The van der Waals surface area contributed by atoms with Crippen LogP contribution in [0.25, 0.3) is 10.9 Å². The largest absolute Gasteiger partial charge is 0.455 e. The summed E-state index contributed by atoms with van der Waals surface area (Å²) in [6, 6.07) is 11.6. The number of non-ortho nitro benzene ring substituents is 1. The van der Waals surface area contributed by atoms with Crippen molar-refractivity contribution >= 4 is 22.4 Å². The molecule has 4 rings (SSSR count). The number of carbonyl (C=O) groups is 1. The molecule has 0 fully saturated rings. The van der Waals surface area contributed by atoms with Gasteiger partial charge in [-0.25, -0.2) is 0 Å². The first kappa shape index (κ1) is 14.3. The second kappa shape index (κ2) is 5.42. The van der Waals surface area contributed by atoms with Crippen molar-refractivity contribution in [2.75, 3.05) is 0 Å². The molecule has 0 saturated carbocycles. The van der Waals surface area contributed by atoms with Gasteiger partial charge in [0.1, 0.15) is 11.3 Å². The molecule has 1 aromatic heterocycles. The lowest BCUT2D eigenvalue weighted by atomic mass is 10.1. The molecule has 0 unspecified atom stereocenters. The molecule has 0 saturated heterocycles. The van der Waals surface area contributed by atoms with Crippen molar-refractivity contribution in [1.82, 2.24) is 4.98 Å². The molecule has 0 radical (unpaired) electrons. The summed E-state index contributed by atoms with van der Waals surface area (Å²) in [5.74, 6) is 1.18. The van der Waals surface area contributed by atoms with Gasteiger partial charge < -0.3 is 4.74 Å². The van der Waals surface area contributed by atoms with E-state index in [9.17, 15) is 14.9 Å². The number of aryl methyl sites for hydroxylation is 1. The molecule has 0 atom stereocenters. The number of nitro benzene ring substituents is 1. The number of rotatable bonds is 3. The molecule has 1 aliphatic rings. The minimum Gasteiger partial charge on any atom is -0.455 e. The van der Waals surface area contributed by atoms with Crippen LogP contribution in [0, 0.1) is 10.1 Å². The van der Waals surface area contributed by atoms with Crippen LogP contribution in [0.15, 0.2) is 48.7 Å². The van der Waals surface area contributed by atoms with Crippen LogP contribution in [0.2, 0.25) is 0 Å². The summed E-state index contributed by atoms with van der Waals surface area (Å²) < 4.78 is 5.89. The number of nitrogens with zero attached hydrogens (tertiary/aromatic N) is 2. The zero-order valence-corrected chi connectivity index (χ0v) is 12.6. The second-order valence-electron chi connectivity index (χ2n) is 5.58. The van der Waals surface area contributed by atoms with Crippen LogP contribution in [0.4, 0.5) is 5.69 Å². The summed E-state index contributed by atoms with van der Waals surface area (Å²) in [4.78, 5) is 26.6. The van der Waals surface area contributed by atoms with Crippen LogP contribution in [0.5, 0.6) is 11.5 Å². The van der Waals surface area contributed by atoms with Gasteiger partial charge in [-0.2, -0.15) is 0 Å². The summed E-state index contributed by atoms with van der Waals surface area (Å²) in [5.41, 5.74) is 2.14. The van der Waals surface area contributed by atoms with Gasteiger partial charge in [-0.05, 0) is 48.4 Å². The maximum absolute atomic E-state index is 11.7. The van der Waals surface area contributed by atoms with Crippen LogP contribution in [-0.2, 0) is 6.42 Å². The molecule has 0 bridgehead atoms. The molecule has 0 spiro atoms. The number of aromatic nitrogens is 1. The predicted molar refractivity (Wildman–Crippen MR) is 87.6 cm³/mol. The topological polar surface area (TPSA) is 82.3 Å². The first-order valence-electron chi connectivity index (χ1n) is 7.49. The zero-order chi connectivity index (χ0) is 16.7. The Morgan fingerprint density at radius 2 is 2.00 bits per heavy atom. The van der Waals surface area contributed by atoms with Gasteiger partial charge in [0.15, 0.2) is 11.5 Å². The van der Waals surface area contributed by atoms with Crippen molar-refractivity contribution in [1.29, 1.82) is 0 Å². The van der Waals surface area contributed by atoms with Gasteiger partial charge in [0.05, 0.1) is 10.3 Å².